The number of carbonyl (C=O) groups excluding carboxylic acids is 1. The second kappa shape index (κ2) is 10.4. The molecule has 184 valence electrons. The number of hydrogen-bond donors (Lipinski definition) is 0. The number of sulfonamides is 1. The van der Waals surface area contributed by atoms with Crippen LogP contribution in [0.15, 0.2) is 77.7 Å². The predicted octanol–water partition coefficient (Wildman–Crippen LogP) is 3.86. The lowest BCUT2D eigenvalue weighted by Crippen LogP contribution is -2.52. The SMILES string of the molecule is COc1ccc(N2CCN(C(=O)CN(c3cccc(C)c3)S(=O)(=O)c3ccc(C)cc3)CC2)cc1. The minimum atomic E-state index is -3.92. The lowest BCUT2D eigenvalue weighted by molar-refractivity contribution is -0.129. The summed E-state index contributed by atoms with van der Waals surface area (Å²) in [6.07, 6.45) is 0. The molecular formula is C27H31N3O4S. The molecule has 0 atom stereocenters. The Morgan fingerprint density at radius 3 is 2.14 bits per heavy atom. The van der Waals surface area contributed by atoms with E-state index in [1.165, 1.54) is 4.31 Å². The number of amides is 1. The number of ether oxygens (including phenoxy) is 1. The van der Waals surface area contributed by atoms with Crippen LogP contribution in [0.5, 0.6) is 5.75 Å². The molecule has 35 heavy (non-hydrogen) atoms. The van der Waals surface area contributed by atoms with Gasteiger partial charge in [0, 0.05) is 31.9 Å². The van der Waals surface area contributed by atoms with Crippen LogP contribution in [-0.2, 0) is 14.8 Å². The number of piperazine rings is 1. The van der Waals surface area contributed by atoms with Crippen molar-refractivity contribution in [3.05, 3.63) is 83.9 Å². The van der Waals surface area contributed by atoms with Crippen LogP contribution in [0.4, 0.5) is 11.4 Å². The first-order valence-corrected chi connectivity index (χ1v) is 13.0. The molecule has 0 bridgehead atoms. The quantitative estimate of drug-likeness (QED) is 0.500. The Kier molecular flexibility index (Phi) is 7.31. The van der Waals surface area contributed by atoms with Crippen LogP contribution < -0.4 is 13.9 Å². The number of nitrogens with zero attached hydrogens (tertiary/aromatic N) is 3. The molecule has 1 aliphatic rings. The summed E-state index contributed by atoms with van der Waals surface area (Å²) in [4.78, 5) is 17.4. The Balaban J connectivity index is 1.51. The van der Waals surface area contributed by atoms with Crippen molar-refractivity contribution < 1.29 is 17.9 Å². The molecule has 0 radical (unpaired) electrons. The third-order valence-electron chi connectivity index (χ3n) is 6.25. The maximum Gasteiger partial charge on any atom is 0.264 e. The summed E-state index contributed by atoms with van der Waals surface area (Å²) in [7, 11) is -2.28. The molecule has 0 unspecified atom stereocenters. The van der Waals surface area contributed by atoms with Gasteiger partial charge in [-0.15, -0.1) is 0 Å². The number of hydrogen-bond acceptors (Lipinski definition) is 5. The Labute approximate surface area is 207 Å². The van der Waals surface area contributed by atoms with E-state index >= 15 is 0 Å². The molecule has 1 heterocycles. The van der Waals surface area contributed by atoms with E-state index in [0.717, 1.165) is 22.6 Å². The molecule has 7 nitrogen and oxygen atoms in total. The van der Waals surface area contributed by atoms with Gasteiger partial charge in [0.2, 0.25) is 5.91 Å². The Morgan fingerprint density at radius 1 is 0.886 bits per heavy atom. The highest BCUT2D eigenvalue weighted by Gasteiger charge is 2.30. The van der Waals surface area contributed by atoms with Gasteiger partial charge in [-0.3, -0.25) is 9.10 Å². The van der Waals surface area contributed by atoms with Crippen molar-refractivity contribution >= 4 is 27.3 Å². The normalized spacial score (nSPS) is 14.0. The monoisotopic (exact) mass is 493 g/mol. The number of rotatable bonds is 7. The summed E-state index contributed by atoms with van der Waals surface area (Å²) in [6.45, 7) is 5.96. The van der Waals surface area contributed by atoms with Gasteiger partial charge in [-0.25, -0.2) is 8.42 Å². The van der Waals surface area contributed by atoms with Crippen molar-refractivity contribution in [3.8, 4) is 5.75 Å². The summed E-state index contributed by atoms with van der Waals surface area (Å²) in [5.41, 5.74) is 3.45. The summed E-state index contributed by atoms with van der Waals surface area (Å²) in [5, 5.41) is 0. The number of carbonyl (C=O) groups is 1. The molecule has 1 aliphatic heterocycles. The fourth-order valence-corrected chi connectivity index (χ4v) is 5.57. The summed E-state index contributed by atoms with van der Waals surface area (Å²) < 4.78 is 33.7. The molecule has 4 rings (SSSR count). The topological polar surface area (TPSA) is 70.2 Å². The average molecular weight is 494 g/mol. The van der Waals surface area contributed by atoms with Crippen LogP contribution >= 0.6 is 0 Å². The highest BCUT2D eigenvalue weighted by atomic mass is 32.2. The Hall–Kier alpha value is -3.52. The standard InChI is InChI=1S/C27H31N3O4S/c1-21-7-13-26(14-8-21)35(32,33)30(24-6-4-5-22(2)19-24)20-27(31)29-17-15-28(16-18-29)23-9-11-25(34-3)12-10-23/h4-14,19H,15-18,20H2,1-3H3. The highest BCUT2D eigenvalue weighted by molar-refractivity contribution is 7.92. The molecule has 1 amide bonds. The molecule has 3 aromatic carbocycles. The Morgan fingerprint density at radius 2 is 1.54 bits per heavy atom. The van der Waals surface area contributed by atoms with Gasteiger partial charge in [0.15, 0.2) is 0 Å². The van der Waals surface area contributed by atoms with Crippen LogP contribution in [0.25, 0.3) is 0 Å². The lowest BCUT2D eigenvalue weighted by Gasteiger charge is -2.37. The van der Waals surface area contributed by atoms with E-state index in [-0.39, 0.29) is 17.3 Å². The fraction of sp³-hybridized carbons (Fsp3) is 0.296. The number of anilines is 2. The predicted molar refractivity (Wildman–Crippen MR) is 139 cm³/mol. The van der Waals surface area contributed by atoms with E-state index in [9.17, 15) is 13.2 Å². The van der Waals surface area contributed by atoms with Crippen molar-refractivity contribution in [3.63, 3.8) is 0 Å². The first-order valence-electron chi connectivity index (χ1n) is 11.6. The molecule has 1 fully saturated rings. The maximum atomic E-state index is 13.6. The summed E-state index contributed by atoms with van der Waals surface area (Å²) >= 11 is 0. The molecule has 0 spiro atoms. The van der Waals surface area contributed by atoms with E-state index in [4.69, 9.17) is 4.74 Å². The van der Waals surface area contributed by atoms with Gasteiger partial charge in [-0.1, -0.05) is 29.8 Å². The molecule has 0 aromatic heterocycles. The third kappa shape index (κ3) is 5.59. The van der Waals surface area contributed by atoms with E-state index in [2.05, 4.69) is 4.90 Å². The van der Waals surface area contributed by atoms with Crippen molar-refractivity contribution in [2.45, 2.75) is 18.7 Å². The molecule has 0 saturated carbocycles. The number of aryl methyl sites for hydroxylation is 2. The molecule has 1 saturated heterocycles. The van der Waals surface area contributed by atoms with Crippen LogP contribution in [0.1, 0.15) is 11.1 Å². The van der Waals surface area contributed by atoms with Crippen LogP contribution in [0.2, 0.25) is 0 Å². The zero-order chi connectivity index (χ0) is 25.0. The highest BCUT2D eigenvalue weighted by Crippen LogP contribution is 2.26. The number of methoxy groups -OCH3 is 1. The average Bonchev–Trinajstić information content (AvgIpc) is 2.87. The second-order valence-electron chi connectivity index (χ2n) is 8.73. The first-order chi connectivity index (χ1) is 16.8. The van der Waals surface area contributed by atoms with Crippen molar-refractivity contribution in [1.82, 2.24) is 4.90 Å². The van der Waals surface area contributed by atoms with Crippen LogP contribution in [0.3, 0.4) is 0 Å². The maximum absolute atomic E-state index is 13.6. The van der Waals surface area contributed by atoms with Crippen LogP contribution in [-0.4, -0.2) is 59.1 Å². The van der Waals surface area contributed by atoms with Crippen molar-refractivity contribution in [2.24, 2.45) is 0 Å². The van der Waals surface area contributed by atoms with E-state index < -0.39 is 10.0 Å². The number of benzene rings is 3. The largest absolute Gasteiger partial charge is 0.497 e. The van der Waals surface area contributed by atoms with E-state index in [0.29, 0.717) is 31.9 Å². The van der Waals surface area contributed by atoms with Gasteiger partial charge < -0.3 is 14.5 Å². The van der Waals surface area contributed by atoms with Gasteiger partial charge in [0.05, 0.1) is 17.7 Å². The van der Waals surface area contributed by atoms with Gasteiger partial charge in [0.1, 0.15) is 12.3 Å². The van der Waals surface area contributed by atoms with E-state index in [1.54, 1.807) is 54.5 Å². The minimum Gasteiger partial charge on any atom is -0.497 e. The molecule has 8 heteroatoms. The zero-order valence-electron chi connectivity index (χ0n) is 20.3. The molecule has 0 N–H and O–H groups in total. The summed E-state index contributed by atoms with van der Waals surface area (Å²) in [5.74, 6) is 0.588. The summed E-state index contributed by atoms with van der Waals surface area (Å²) in [6, 6.07) is 21.8. The third-order valence-corrected chi connectivity index (χ3v) is 8.04. The smallest absolute Gasteiger partial charge is 0.264 e. The van der Waals surface area contributed by atoms with E-state index in [1.807, 2.05) is 44.2 Å². The van der Waals surface area contributed by atoms with Crippen molar-refractivity contribution in [1.29, 1.82) is 0 Å². The van der Waals surface area contributed by atoms with Gasteiger partial charge in [0.25, 0.3) is 10.0 Å². The molecule has 0 aliphatic carbocycles. The van der Waals surface area contributed by atoms with Crippen LogP contribution in [0, 0.1) is 13.8 Å². The minimum absolute atomic E-state index is 0.168. The fourth-order valence-electron chi connectivity index (χ4n) is 4.17. The van der Waals surface area contributed by atoms with Crippen molar-refractivity contribution in [2.75, 3.05) is 49.0 Å². The zero-order valence-corrected chi connectivity index (χ0v) is 21.2. The van der Waals surface area contributed by atoms with Gasteiger partial charge in [-0.2, -0.15) is 0 Å². The Bertz CT molecular complexity index is 1270. The lowest BCUT2D eigenvalue weighted by atomic mass is 10.2. The first kappa shape index (κ1) is 24.6. The van der Waals surface area contributed by atoms with Gasteiger partial charge in [-0.05, 0) is 67.9 Å². The molecule has 3 aromatic rings. The van der Waals surface area contributed by atoms with Gasteiger partial charge >= 0.3 is 0 Å². The second-order valence-corrected chi connectivity index (χ2v) is 10.6. The molecular weight excluding hydrogens is 462 g/mol.